The van der Waals surface area contributed by atoms with Crippen molar-refractivity contribution in [2.24, 2.45) is 5.41 Å². The van der Waals surface area contributed by atoms with Crippen molar-refractivity contribution in [3.8, 4) is 0 Å². The predicted octanol–water partition coefficient (Wildman–Crippen LogP) is 2.34. The van der Waals surface area contributed by atoms with E-state index in [1.807, 2.05) is 6.92 Å². The second-order valence-electron chi connectivity index (χ2n) is 6.38. The van der Waals surface area contributed by atoms with E-state index in [0.717, 1.165) is 25.7 Å². The molecule has 0 bridgehead atoms. The number of nitro groups is 1. The van der Waals surface area contributed by atoms with E-state index in [0.29, 0.717) is 12.1 Å². The van der Waals surface area contributed by atoms with Crippen LogP contribution in [0.1, 0.15) is 38.2 Å². The molecular formula is C16H23N3O4. The van der Waals surface area contributed by atoms with Gasteiger partial charge in [0.05, 0.1) is 11.0 Å². The molecule has 0 radical (unpaired) electrons. The molecule has 1 aliphatic carbocycles. The summed E-state index contributed by atoms with van der Waals surface area (Å²) in [6, 6.07) is 5.82. The van der Waals surface area contributed by atoms with E-state index in [4.69, 9.17) is 0 Å². The number of nitro benzene ring substituents is 1. The number of aliphatic hydroxyl groups is 1. The Labute approximate surface area is 135 Å². The van der Waals surface area contributed by atoms with E-state index < -0.39 is 11.0 Å². The molecule has 7 heteroatoms. The Hall–Kier alpha value is -2.15. The maximum Gasteiger partial charge on any atom is 0.315 e. The molecule has 0 aliphatic heterocycles. The predicted molar refractivity (Wildman–Crippen MR) is 85.9 cm³/mol. The number of urea groups is 1. The normalized spacial score (nSPS) is 24.0. The summed E-state index contributed by atoms with van der Waals surface area (Å²) in [6.45, 7) is 2.61. The van der Waals surface area contributed by atoms with E-state index in [2.05, 4.69) is 10.6 Å². The summed E-state index contributed by atoms with van der Waals surface area (Å²) in [7, 11) is 0. The third kappa shape index (κ3) is 4.66. The molecule has 7 nitrogen and oxygen atoms in total. The fraction of sp³-hybridized carbons (Fsp3) is 0.562. The van der Waals surface area contributed by atoms with E-state index in [1.54, 1.807) is 12.1 Å². The molecule has 0 unspecified atom stereocenters. The van der Waals surface area contributed by atoms with Crippen LogP contribution >= 0.6 is 0 Å². The monoisotopic (exact) mass is 321 g/mol. The Morgan fingerprint density at radius 2 is 2.22 bits per heavy atom. The SMILES string of the molecule is C[C@]1(CNC(=O)NCc2cccc([N+](=O)[O-])c2)CCCC[C@@H]1O. The molecule has 0 heterocycles. The molecule has 2 amide bonds. The lowest BCUT2D eigenvalue weighted by atomic mass is 9.73. The molecule has 0 spiro atoms. The molecule has 1 aliphatic rings. The van der Waals surface area contributed by atoms with Crippen LogP contribution in [0.25, 0.3) is 0 Å². The first kappa shape index (κ1) is 17.2. The van der Waals surface area contributed by atoms with E-state index in [1.165, 1.54) is 12.1 Å². The van der Waals surface area contributed by atoms with Crippen molar-refractivity contribution >= 4 is 11.7 Å². The van der Waals surface area contributed by atoms with Gasteiger partial charge in [-0.15, -0.1) is 0 Å². The minimum absolute atomic E-state index is 0.00236. The largest absolute Gasteiger partial charge is 0.392 e. The minimum Gasteiger partial charge on any atom is -0.392 e. The molecule has 3 N–H and O–H groups in total. The number of hydrogen-bond donors (Lipinski definition) is 3. The Balaban J connectivity index is 1.81. The average molecular weight is 321 g/mol. The fourth-order valence-electron chi connectivity index (χ4n) is 2.89. The fourth-order valence-corrected chi connectivity index (χ4v) is 2.89. The van der Waals surface area contributed by atoms with E-state index in [9.17, 15) is 20.0 Å². The third-order valence-electron chi connectivity index (χ3n) is 4.51. The number of nitrogens with one attached hydrogen (secondary N) is 2. The number of amides is 2. The number of carbonyl (C=O) groups excluding carboxylic acids is 1. The van der Waals surface area contributed by atoms with Gasteiger partial charge in [0, 0.05) is 30.6 Å². The molecule has 23 heavy (non-hydrogen) atoms. The van der Waals surface area contributed by atoms with Crippen molar-refractivity contribution < 1.29 is 14.8 Å². The van der Waals surface area contributed by atoms with Crippen molar-refractivity contribution in [2.75, 3.05) is 6.54 Å². The summed E-state index contributed by atoms with van der Waals surface area (Å²) in [5.74, 6) is 0. The number of non-ortho nitro benzene ring substituents is 1. The van der Waals surface area contributed by atoms with Crippen molar-refractivity contribution in [3.63, 3.8) is 0 Å². The minimum atomic E-state index is -0.463. The molecule has 1 fully saturated rings. The number of benzene rings is 1. The molecule has 1 aromatic rings. The highest BCUT2D eigenvalue weighted by Gasteiger charge is 2.35. The van der Waals surface area contributed by atoms with Gasteiger partial charge < -0.3 is 15.7 Å². The number of aliphatic hydroxyl groups excluding tert-OH is 1. The maximum atomic E-state index is 11.9. The number of carbonyl (C=O) groups is 1. The topological polar surface area (TPSA) is 104 Å². The van der Waals surface area contributed by atoms with Crippen molar-refractivity contribution in [2.45, 2.75) is 45.3 Å². The molecular weight excluding hydrogens is 298 g/mol. The van der Waals surface area contributed by atoms with Crippen LogP contribution < -0.4 is 10.6 Å². The average Bonchev–Trinajstić information content (AvgIpc) is 2.54. The molecule has 126 valence electrons. The van der Waals surface area contributed by atoms with Crippen LogP contribution in [0.4, 0.5) is 10.5 Å². The zero-order chi connectivity index (χ0) is 16.9. The van der Waals surface area contributed by atoms with Crippen LogP contribution in [-0.2, 0) is 6.54 Å². The van der Waals surface area contributed by atoms with Crippen LogP contribution in [0, 0.1) is 15.5 Å². The molecule has 2 rings (SSSR count). The summed E-state index contributed by atoms with van der Waals surface area (Å²) < 4.78 is 0. The molecule has 1 aromatic carbocycles. The summed E-state index contributed by atoms with van der Waals surface area (Å²) in [4.78, 5) is 22.1. The van der Waals surface area contributed by atoms with Gasteiger partial charge in [0.2, 0.25) is 0 Å². The van der Waals surface area contributed by atoms with Gasteiger partial charge in [-0.25, -0.2) is 4.79 Å². The lowest BCUT2D eigenvalue weighted by molar-refractivity contribution is -0.384. The summed E-state index contributed by atoms with van der Waals surface area (Å²) in [5.41, 5.74) is 0.377. The number of rotatable bonds is 5. The Morgan fingerprint density at radius 3 is 2.91 bits per heavy atom. The number of hydrogen-bond acceptors (Lipinski definition) is 4. The highest BCUT2D eigenvalue weighted by atomic mass is 16.6. The summed E-state index contributed by atoms with van der Waals surface area (Å²) >= 11 is 0. The van der Waals surface area contributed by atoms with Gasteiger partial charge in [-0.2, -0.15) is 0 Å². The second-order valence-corrected chi connectivity index (χ2v) is 6.38. The molecule has 1 saturated carbocycles. The molecule has 2 atom stereocenters. The third-order valence-corrected chi connectivity index (χ3v) is 4.51. The van der Waals surface area contributed by atoms with Gasteiger partial charge in [-0.05, 0) is 18.4 Å². The standard InChI is InChI=1S/C16H23N3O4/c1-16(8-3-2-7-14(16)20)11-18-15(21)17-10-12-5-4-6-13(9-12)19(22)23/h4-6,9,14,20H,2-3,7-8,10-11H2,1H3,(H2,17,18,21)/t14-,16+/m0/s1. The highest BCUT2D eigenvalue weighted by molar-refractivity contribution is 5.73. The van der Waals surface area contributed by atoms with Gasteiger partial charge in [-0.3, -0.25) is 10.1 Å². The van der Waals surface area contributed by atoms with Gasteiger partial charge in [-0.1, -0.05) is 31.9 Å². The number of nitrogens with zero attached hydrogens (tertiary/aromatic N) is 1. The van der Waals surface area contributed by atoms with Gasteiger partial charge in [0.1, 0.15) is 0 Å². The second kappa shape index (κ2) is 7.41. The molecule has 0 aromatic heterocycles. The first-order valence-electron chi connectivity index (χ1n) is 7.84. The van der Waals surface area contributed by atoms with E-state index >= 15 is 0 Å². The Morgan fingerprint density at radius 1 is 1.43 bits per heavy atom. The first-order chi connectivity index (χ1) is 10.9. The van der Waals surface area contributed by atoms with Crippen molar-refractivity contribution in [1.29, 1.82) is 0 Å². The summed E-state index contributed by atoms with van der Waals surface area (Å²) in [6.07, 6.45) is 3.35. The van der Waals surface area contributed by atoms with Crippen LogP contribution in [-0.4, -0.2) is 28.7 Å². The maximum absolute atomic E-state index is 11.9. The van der Waals surface area contributed by atoms with Crippen molar-refractivity contribution in [3.05, 3.63) is 39.9 Å². The Kier molecular flexibility index (Phi) is 5.54. The zero-order valence-corrected chi connectivity index (χ0v) is 13.2. The van der Waals surface area contributed by atoms with Crippen LogP contribution in [0.5, 0.6) is 0 Å². The molecule has 0 saturated heterocycles. The van der Waals surface area contributed by atoms with Gasteiger partial charge in [0.25, 0.3) is 5.69 Å². The smallest absolute Gasteiger partial charge is 0.315 e. The lowest BCUT2D eigenvalue weighted by Gasteiger charge is -2.38. The van der Waals surface area contributed by atoms with Gasteiger partial charge >= 0.3 is 6.03 Å². The highest BCUT2D eigenvalue weighted by Crippen LogP contribution is 2.35. The quantitative estimate of drug-likeness (QED) is 0.572. The first-order valence-corrected chi connectivity index (χ1v) is 7.84. The van der Waals surface area contributed by atoms with Gasteiger partial charge in [0.15, 0.2) is 0 Å². The van der Waals surface area contributed by atoms with Crippen LogP contribution in [0.3, 0.4) is 0 Å². The van der Waals surface area contributed by atoms with E-state index in [-0.39, 0.29) is 23.7 Å². The van der Waals surface area contributed by atoms with Crippen LogP contribution in [0.15, 0.2) is 24.3 Å². The van der Waals surface area contributed by atoms with Crippen LogP contribution in [0.2, 0.25) is 0 Å². The zero-order valence-electron chi connectivity index (χ0n) is 13.2. The summed E-state index contributed by atoms with van der Waals surface area (Å²) in [5, 5.41) is 26.3. The van der Waals surface area contributed by atoms with Crippen molar-refractivity contribution in [1.82, 2.24) is 10.6 Å². The Bertz CT molecular complexity index is 578. The lowest BCUT2D eigenvalue weighted by Crippen LogP contribution is -2.47.